The van der Waals surface area contributed by atoms with E-state index in [-0.39, 0.29) is 33.7 Å². The lowest BCUT2D eigenvalue weighted by Crippen LogP contribution is -2.30. The number of alkyl halides is 2. The minimum absolute atomic E-state index is 0.0777. The standard InChI is InChI=1S/C27H22F4N3O3P/c1-33-21-12-20(24-14(26(33)35)5-4-6-22(24)37-27(30)31)34-19-10-15(16(28)11-18(19)32-25(21)34)13-7-8-23(17(29)9-13)38(2,3)36/h4-11,20-21,27H,12H2,1-3H3. The van der Waals surface area contributed by atoms with E-state index in [9.17, 15) is 22.5 Å². The Morgan fingerprint density at radius 1 is 1.03 bits per heavy atom. The van der Waals surface area contributed by atoms with Crippen molar-refractivity contribution in [3.05, 3.63) is 77.1 Å². The maximum atomic E-state index is 15.3. The number of carbonyl (C=O) groups excluding carboxylic acids is 1. The number of aromatic nitrogens is 2. The number of benzene rings is 3. The third kappa shape index (κ3) is 3.65. The molecule has 1 aromatic heterocycles. The molecule has 0 saturated carbocycles. The lowest BCUT2D eigenvalue weighted by molar-refractivity contribution is -0.0507. The summed E-state index contributed by atoms with van der Waals surface area (Å²) in [6.07, 6.45) is 0.370. The molecule has 0 saturated heterocycles. The van der Waals surface area contributed by atoms with Gasteiger partial charge in [-0.1, -0.05) is 12.1 Å². The first kappa shape index (κ1) is 24.7. The number of halogens is 4. The summed E-state index contributed by atoms with van der Waals surface area (Å²) >= 11 is 0. The maximum absolute atomic E-state index is 15.3. The Kier molecular flexibility index (Phi) is 5.47. The van der Waals surface area contributed by atoms with Gasteiger partial charge in [0.1, 0.15) is 30.4 Å². The van der Waals surface area contributed by atoms with Crippen molar-refractivity contribution in [2.75, 3.05) is 20.4 Å². The van der Waals surface area contributed by atoms with Crippen LogP contribution in [0.1, 0.15) is 40.3 Å². The topological polar surface area (TPSA) is 64.4 Å². The lowest BCUT2D eigenvalue weighted by atomic mass is 9.97. The highest BCUT2D eigenvalue weighted by atomic mass is 31.2. The van der Waals surface area contributed by atoms with Crippen molar-refractivity contribution in [1.82, 2.24) is 14.5 Å². The minimum Gasteiger partial charge on any atom is -0.434 e. The fourth-order valence-corrected chi connectivity index (χ4v) is 6.65. The van der Waals surface area contributed by atoms with Crippen molar-refractivity contribution < 1.29 is 31.7 Å². The third-order valence-electron chi connectivity index (χ3n) is 7.33. The summed E-state index contributed by atoms with van der Waals surface area (Å²) in [7, 11) is -1.26. The van der Waals surface area contributed by atoms with Gasteiger partial charge in [-0.05, 0) is 49.2 Å². The molecular weight excluding hydrogens is 521 g/mol. The number of nitrogens with zero attached hydrogens (tertiary/aromatic N) is 3. The highest BCUT2D eigenvalue weighted by Gasteiger charge is 2.45. The molecule has 2 unspecified atom stereocenters. The smallest absolute Gasteiger partial charge is 0.387 e. The molecule has 0 radical (unpaired) electrons. The Bertz CT molecular complexity index is 1700. The second-order valence-electron chi connectivity index (χ2n) is 9.96. The zero-order valence-electron chi connectivity index (χ0n) is 20.6. The van der Waals surface area contributed by atoms with Crippen LogP contribution >= 0.6 is 7.14 Å². The number of fused-ring (bicyclic) bond motifs is 9. The molecule has 4 aromatic rings. The van der Waals surface area contributed by atoms with Gasteiger partial charge in [-0.15, -0.1) is 0 Å². The number of hydrogen-bond acceptors (Lipinski definition) is 4. The summed E-state index contributed by atoms with van der Waals surface area (Å²) < 4.78 is 75.7. The highest BCUT2D eigenvalue weighted by Crippen LogP contribution is 2.50. The Balaban J connectivity index is 1.57. The second kappa shape index (κ2) is 8.43. The van der Waals surface area contributed by atoms with Gasteiger partial charge in [0.15, 0.2) is 0 Å². The lowest BCUT2D eigenvalue weighted by Gasteiger charge is -2.24. The van der Waals surface area contributed by atoms with Crippen LogP contribution in [-0.2, 0) is 4.57 Å². The number of rotatable bonds is 4. The van der Waals surface area contributed by atoms with Crippen LogP contribution in [0.25, 0.3) is 22.2 Å². The van der Waals surface area contributed by atoms with Crippen LogP contribution in [0.3, 0.4) is 0 Å². The normalized spacial score (nSPS) is 18.6. The van der Waals surface area contributed by atoms with E-state index >= 15 is 4.39 Å². The largest absolute Gasteiger partial charge is 0.434 e. The summed E-state index contributed by atoms with van der Waals surface area (Å²) in [4.78, 5) is 19.4. The number of ether oxygens (including phenoxy) is 1. The highest BCUT2D eigenvalue weighted by molar-refractivity contribution is 7.70. The number of carbonyl (C=O) groups is 1. The van der Waals surface area contributed by atoms with Gasteiger partial charge in [0.2, 0.25) is 0 Å². The summed E-state index contributed by atoms with van der Waals surface area (Å²) in [5.41, 5.74) is 1.74. The van der Waals surface area contributed by atoms with E-state index in [1.54, 1.807) is 19.2 Å². The molecule has 11 heteroatoms. The first-order valence-corrected chi connectivity index (χ1v) is 14.5. The molecule has 0 N–H and O–H groups in total. The fraction of sp³-hybridized carbons (Fsp3) is 0.259. The quantitative estimate of drug-likeness (QED) is 0.236. The average Bonchev–Trinajstić information content (AvgIpc) is 3.34. The first-order valence-electron chi connectivity index (χ1n) is 11.9. The first-order chi connectivity index (χ1) is 18.0. The van der Waals surface area contributed by atoms with Crippen molar-refractivity contribution in [2.45, 2.75) is 25.1 Å². The second-order valence-corrected chi connectivity index (χ2v) is 13.1. The zero-order chi connectivity index (χ0) is 27.1. The molecular formula is C27H22F4N3O3P. The third-order valence-corrected chi connectivity index (χ3v) is 8.86. The van der Waals surface area contributed by atoms with Crippen LogP contribution in [0.15, 0.2) is 48.5 Å². The van der Waals surface area contributed by atoms with Crippen molar-refractivity contribution >= 4 is 29.4 Å². The molecule has 3 aromatic carbocycles. The molecule has 0 spiro atoms. The molecule has 2 aliphatic heterocycles. The monoisotopic (exact) mass is 543 g/mol. The van der Waals surface area contributed by atoms with Gasteiger partial charge in [0.05, 0.1) is 23.1 Å². The fourth-order valence-electron chi connectivity index (χ4n) is 5.63. The van der Waals surface area contributed by atoms with Crippen molar-refractivity contribution in [3.8, 4) is 16.9 Å². The predicted octanol–water partition coefficient (Wildman–Crippen LogP) is 5.95. The van der Waals surface area contributed by atoms with Gasteiger partial charge in [-0.3, -0.25) is 4.79 Å². The molecule has 1 amide bonds. The summed E-state index contributed by atoms with van der Waals surface area (Å²) in [5, 5.41) is 0.0777. The minimum atomic E-state index is -3.09. The Morgan fingerprint density at radius 2 is 1.79 bits per heavy atom. The van der Waals surface area contributed by atoms with Gasteiger partial charge in [0, 0.05) is 41.5 Å². The molecule has 2 atom stereocenters. The van der Waals surface area contributed by atoms with Crippen LogP contribution in [0, 0.1) is 11.6 Å². The summed E-state index contributed by atoms with van der Waals surface area (Å²) in [6.45, 7) is -0.173. The molecule has 2 aliphatic rings. The van der Waals surface area contributed by atoms with Crippen molar-refractivity contribution in [3.63, 3.8) is 0 Å². The number of imidazole rings is 1. The van der Waals surface area contributed by atoms with E-state index in [1.165, 1.54) is 48.6 Å². The predicted molar refractivity (Wildman–Crippen MR) is 135 cm³/mol. The Labute approximate surface area is 215 Å². The maximum Gasteiger partial charge on any atom is 0.387 e. The van der Waals surface area contributed by atoms with Gasteiger partial charge in [-0.25, -0.2) is 13.8 Å². The zero-order valence-corrected chi connectivity index (χ0v) is 21.5. The van der Waals surface area contributed by atoms with Crippen LogP contribution < -0.4 is 10.0 Å². The molecule has 2 bridgehead atoms. The molecule has 196 valence electrons. The molecule has 6 nitrogen and oxygen atoms in total. The van der Waals surface area contributed by atoms with Crippen molar-refractivity contribution in [1.29, 1.82) is 0 Å². The van der Waals surface area contributed by atoms with Gasteiger partial charge in [0.25, 0.3) is 5.91 Å². The van der Waals surface area contributed by atoms with E-state index in [0.717, 1.165) is 6.07 Å². The Hall–Kier alpha value is -3.65. The van der Waals surface area contributed by atoms with Gasteiger partial charge < -0.3 is 18.8 Å². The van der Waals surface area contributed by atoms with Crippen LogP contribution in [-0.4, -0.2) is 47.3 Å². The summed E-state index contributed by atoms with van der Waals surface area (Å²) in [6, 6.07) is 10.3. The summed E-state index contributed by atoms with van der Waals surface area (Å²) in [5.74, 6) is -1.29. The van der Waals surface area contributed by atoms with E-state index in [1.807, 2.05) is 4.57 Å². The van der Waals surface area contributed by atoms with E-state index in [2.05, 4.69) is 4.98 Å². The van der Waals surface area contributed by atoms with E-state index in [0.29, 0.717) is 28.8 Å². The number of hydrogen-bond donors (Lipinski definition) is 0. The Morgan fingerprint density at radius 3 is 2.47 bits per heavy atom. The van der Waals surface area contributed by atoms with Crippen molar-refractivity contribution in [2.24, 2.45) is 0 Å². The van der Waals surface area contributed by atoms with E-state index in [4.69, 9.17) is 4.74 Å². The molecule has 38 heavy (non-hydrogen) atoms. The van der Waals surface area contributed by atoms with Crippen LogP contribution in [0.5, 0.6) is 5.75 Å². The number of amides is 1. The molecule has 0 aliphatic carbocycles. The van der Waals surface area contributed by atoms with Crippen LogP contribution in [0.2, 0.25) is 0 Å². The molecule has 6 rings (SSSR count). The van der Waals surface area contributed by atoms with Crippen LogP contribution in [0.4, 0.5) is 17.6 Å². The SMILES string of the molecule is CN1C(=O)c2cccc(OC(F)F)c2C2CC1c1nc3cc(F)c(-c4ccc(P(C)(C)=O)c(F)c4)cc3n12. The average molecular weight is 543 g/mol. The molecule has 3 heterocycles. The molecule has 0 fully saturated rings. The van der Waals surface area contributed by atoms with Gasteiger partial charge in [-0.2, -0.15) is 8.78 Å². The van der Waals surface area contributed by atoms with Gasteiger partial charge >= 0.3 is 6.61 Å². The van der Waals surface area contributed by atoms with E-state index < -0.39 is 37.5 Å².